The lowest BCUT2D eigenvalue weighted by Gasteiger charge is -2.18. The standard InChI is InChI=1S/C13H13Cl3N2O2S2/c1-3-12-17-9(7-21-12)6-18(2)22(19,20)13-10(15)4-8(14)5-11(13)16/h4-5,7H,3,6H2,1-2H3. The molecule has 0 amide bonds. The maximum atomic E-state index is 12.7. The minimum Gasteiger partial charge on any atom is -0.245 e. The van der Waals surface area contributed by atoms with Crippen LogP contribution in [0.25, 0.3) is 0 Å². The Morgan fingerprint density at radius 1 is 1.23 bits per heavy atom. The molecule has 0 fully saturated rings. The van der Waals surface area contributed by atoms with Gasteiger partial charge in [-0.05, 0) is 18.6 Å². The van der Waals surface area contributed by atoms with Gasteiger partial charge in [-0.25, -0.2) is 13.4 Å². The second-order valence-electron chi connectivity index (χ2n) is 4.55. The van der Waals surface area contributed by atoms with Crippen molar-refractivity contribution in [2.75, 3.05) is 7.05 Å². The molecule has 0 saturated heterocycles. The van der Waals surface area contributed by atoms with Crippen LogP contribution in [-0.2, 0) is 23.0 Å². The molecule has 0 spiro atoms. The Morgan fingerprint density at radius 2 is 1.82 bits per heavy atom. The van der Waals surface area contributed by atoms with E-state index in [4.69, 9.17) is 34.8 Å². The molecule has 0 aliphatic heterocycles. The van der Waals surface area contributed by atoms with E-state index in [0.717, 1.165) is 11.4 Å². The summed E-state index contributed by atoms with van der Waals surface area (Å²) >= 11 is 19.3. The zero-order valence-corrected chi connectivity index (χ0v) is 15.7. The SMILES string of the molecule is CCc1nc(CN(C)S(=O)(=O)c2c(Cl)cc(Cl)cc2Cl)cs1. The van der Waals surface area contributed by atoms with E-state index in [1.807, 2.05) is 12.3 Å². The molecule has 0 bridgehead atoms. The van der Waals surface area contributed by atoms with Crippen LogP contribution in [0.5, 0.6) is 0 Å². The Morgan fingerprint density at radius 3 is 2.32 bits per heavy atom. The van der Waals surface area contributed by atoms with E-state index in [1.165, 1.54) is 34.8 Å². The van der Waals surface area contributed by atoms with Crippen molar-refractivity contribution in [1.82, 2.24) is 9.29 Å². The summed E-state index contributed by atoms with van der Waals surface area (Å²) in [4.78, 5) is 4.22. The molecular formula is C13H13Cl3N2O2S2. The van der Waals surface area contributed by atoms with E-state index < -0.39 is 10.0 Å². The minimum absolute atomic E-state index is 0.00289. The van der Waals surface area contributed by atoms with Gasteiger partial charge in [-0.1, -0.05) is 41.7 Å². The molecule has 0 aliphatic carbocycles. The smallest absolute Gasteiger partial charge is 0.245 e. The quantitative estimate of drug-likeness (QED) is 0.744. The summed E-state index contributed by atoms with van der Waals surface area (Å²) in [6.45, 7) is 2.14. The molecule has 120 valence electrons. The summed E-state index contributed by atoms with van der Waals surface area (Å²) in [5.74, 6) is 0. The van der Waals surface area contributed by atoms with Gasteiger partial charge in [0.25, 0.3) is 0 Å². The first kappa shape index (κ1) is 18.0. The van der Waals surface area contributed by atoms with Gasteiger partial charge in [0.15, 0.2) is 0 Å². The molecule has 2 rings (SSSR count). The zero-order valence-electron chi connectivity index (χ0n) is 11.8. The van der Waals surface area contributed by atoms with Crippen LogP contribution >= 0.6 is 46.1 Å². The van der Waals surface area contributed by atoms with Crippen molar-refractivity contribution >= 4 is 56.2 Å². The average molecular weight is 400 g/mol. The third-order valence-electron chi connectivity index (χ3n) is 2.92. The van der Waals surface area contributed by atoms with Crippen molar-refractivity contribution in [2.24, 2.45) is 0 Å². The van der Waals surface area contributed by atoms with Crippen molar-refractivity contribution in [3.63, 3.8) is 0 Å². The first-order chi connectivity index (χ1) is 10.3. The summed E-state index contributed by atoms with van der Waals surface area (Å²) in [6.07, 6.45) is 0.815. The van der Waals surface area contributed by atoms with Gasteiger partial charge in [0.05, 0.1) is 27.3 Å². The lowest BCUT2D eigenvalue weighted by molar-refractivity contribution is 0.463. The molecule has 1 heterocycles. The molecular weight excluding hydrogens is 387 g/mol. The lowest BCUT2D eigenvalue weighted by atomic mass is 10.4. The van der Waals surface area contributed by atoms with Gasteiger partial charge in [-0.15, -0.1) is 11.3 Å². The van der Waals surface area contributed by atoms with Gasteiger partial charge >= 0.3 is 0 Å². The van der Waals surface area contributed by atoms with Crippen LogP contribution in [-0.4, -0.2) is 24.8 Å². The molecule has 2 aromatic rings. The summed E-state index contributed by atoms with van der Waals surface area (Å²) in [7, 11) is -2.38. The molecule has 0 radical (unpaired) electrons. The minimum atomic E-state index is -3.84. The molecule has 9 heteroatoms. The summed E-state index contributed by atoms with van der Waals surface area (Å²) in [6, 6.07) is 2.71. The van der Waals surface area contributed by atoms with Crippen molar-refractivity contribution in [3.05, 3.63) is 43.3 Å². The fourth-order valence-electron chi connectivity index (χ4n) is 1.83. The van der Waals surface area contributed by atoms with E-state index in [1.54, 1.807) is 0 Å². The predicted octanol–water partition coefficient (Wildman–Crippen LogP) is 4.49. The molecule has 0 aliphatic rings. The number of benzene rings is 1. The van der Waals surface area contributed by atoms with Crippen molar-refractivity contribution < 1.29 is 8.42 Å². The number of nitrogens with zero attached hydrogens (tertiary/aromatic N) is 2. The van der Waals surface area contributed by atoms with Gasteiger partial charge in [0, 0.05) is 17.5 Å². The molecule has 0 unspecified atom stereocenters. The van der Waals surface area contributed by atoms with E-state index in [0.29, 0.717) is 5.69 Å². The Hall–Kier alpha value is -0.370. The van der Waals surface area contributed by atoms with Crippen LogP contribution in [0, 0.1) is 0 Å². The highest BCUT2D eigenvalue weighted by atomic mass is 35.5. The Labute approximate surface area is 148 Å². The zero-order chi connectivity index (χ0) is 16.5. The van der Waals surface area contributed by atoms with Crippen LogP contribution in [0.2, 0.25) is 15.1 Å². The van der Waals surface area contributed by atoms with Crippen LogP contribution in [0.3, 0.4) is 0 Å². The Bertz CT molecular complexity index is 767. The molecule has 0 atom stereocenters. The number of sulfonamides is 1. The summed E-state index contributed by atoms with van der Waals surface area (Å²) in [5.41, 5.74) is 0.689. The summed E-state index contributed by atoms with van der Waals surface area (Å²) in [5, 5.41) is 3.08. The third kappa shape index (κ3) is 3.75. The highest BCUT2D eigenvalue weighted by molar-refractivity contribution is 7.89. The van der Waals surface area contributed by atoms with Crippen LogP contribution in [0.15, 0.2) is 22.4 Å². The van der Waals surface area contributed by atoms with Gasteiger partial charge in [0.2, 0.25) is 10.0 Å². The van der Waals surface area contributed by atoms with Crippen LogP contribution in [0.1, 0.15) is 17.6 Å². The molecule has 22 heavy (non-hydrogen) atoms. The Kier molecular flexibility index (Phi) is 5.74. The average Bonchev–Trinajstić information content (AvgIpc) is 2.84. The van der Waals surface area contributed by atoms with Crippen molar-refractivity contribution in [2.45, 2.75) is 24.8 Å². The third-order valence-corrected chi connectivity index (χ3v) is 6.90. The largest absolute Gasteiger partial charge is 0.246 e. The number of hydrogen-bond acceptors (Lipinski definition) is 4. The van der Waals surface area contributed by atoms with E-state index in [2.05, 4.69) is 4.98 Å². The second-order valence-corrected chi connectivity index (χ2v) is 8.72. The maximum absolute atomic E-state index is 12.7. The number of halogens is 3. The predicted molar refractivity (Wildman–Crippen MR) is 91.6 cm³/mol. The fraction of sp³-hybridized carbons (Fsp3) is 0.308. The second kappa shape index (κ2) is 7.03. The molecule has 0 saturated carbocycles. The lowest BCUT2D eigenvalue weighted by Crippen LogP contribution is -2.27. The van der Waals surface area contributed by atoms with Crippen molar-refractivity contribution in [3.8, 4) is 0 Å². The summed E-state index contributed by atoms with van der Waals surface area (Å²) < 4.78 is 26.5. The van der Waals surface area contributed by atoms with E-state index >= 15 is 0 Å². The highest BCUT2D eigenvalue weighted by Crippen LogP contribution is 2.34. The monoisotopic (exact) mass is 398 g/mol. The molecule has 1 aromatic carbocycles. The molecule has 1 aromatic heterocycles. The fourth-order valence-corrected chi connectivity index (χ4v) is 5.19. The number of hydrogen-bond donors (Lipinski definition) is 0. The van der Waals surface area contributed by atoms with Gasteiger partial charge in [0.1, 0.15) is 4.90 Å². The number of rotatable bonds is 5. The van der Waals surface area contributed by atoms with Crippen LogP contribution in [0.4, 0.5) is 0 Å². The number of aryl methyl sites for hydroxylation is 1. The normalized spacial score (nSPS) is 12.1. The van der Waals surface area contributed by atoms with E-state index in [9.17, 15) is 8.42 Å². The van der Waals surface area contributed by atoms with Gasteiger partial charge in [-0.3, -0.25) is 0 Å². The highest BCUT2D eigenvalue weighted by Gasteiger charge is 2.27. The Balaban J connectivity index is 2.33. The van der Waals surface area contributed by atoms with Crippen molar-refractivity contribution in [1.29, 1.82) is 0 Å². The first-order valence-corrected chi connectivity index (χ1v) is 9.75. The van der Waals surface area contributed by atoms with Gasteiger partial charge < -0.3 is 0 Å². The topological polar surface area (TPSA) is 50.3 Å². The number of thiazole rings is 1. The maximum Gasteiger partial charge on any atom is 0.246 e. The van der Waals surface area contributed by atoms with Gasteiger partial charge in [-0.2, -0.15) is 4.31 Å². The first-order valence-electron chi connectivity index (χ1n) is 6.30. The van der Waals surface area contributed by atoms with E-state index in [-0.39, 0.29) is 26.5 Å². The molecule has 0 N–H and O–H groups in total. The van der Waals surface area contributed by atoms with Crippen LogP contribution < -0.4 is 0 Å². The molecule has 4 nitrogen and oxygen atoms in total. The number of aromatic nitrogens is 1.